The average Bonchev–Trinajstić information content (AvgIpc) is 2.62. The van der Waals surface area contributed by atoms with Crippen LogP contribution in [0.4, 0.5) is 0 Å². The van der Waals surface area contributed by atoms with Gasteiger partial charge >= 0.3 is 0 Å². The number of phenolic OH excluding ortho intramolecular Hbond substituents is 1. The zero-order valence-electron chi connectivity index (χ0n) is 14.4. The Morgan fingerprint density at radius 3 is 2.27 bits per heavy atom. The third-order valence-electron chi connectivity index (χ3n) is 4.05. The van der Waals surface area contributed by atoms with Crippen LogP contribution in [0.15, 0.2) is 73.1 Å². The summed E-state index contributed by atoms with van der Waals surface area (Å²) in [5.74, 6) is 0.122. The maximum absolute atomic E-state index is 12.2. The summed E-state index contributed by atoms with van der Waals surface area (Å²) >= 11 is 0. The first-order valence-corrected chi connectivity index (χ1v) is 9.99. The standard InChI is InChI=1S/C20H20N2O3S/c1-26(24,25)22(15-17-4-2-6-20(23)12-17)14-16-7-9-18(10-8-16)19-5-3-11-21-13-19/h2-13,23H,14-15H2,1H3. The lowest BCUT2D eigenvalue weighted by molar-refractivity contribution is 0.403. The fourth-order valence-corrected chi connectivity index (χ4v) is 3.46. The minimum absolute atomic E-state index is 0.122. The summed E-state index contributed by atoms with van der Waals surface area (Å²) in [7, 11) is -3.39. The van der Waals surface area contributed by atoms with Gasteiger partial charge in [0.15, 0.2) is 0 Å². The fourth-order valence-electron chi connectivity index (χ4n) is 2.69. The van der Waals surface area contributed by atoms with Crippen molar-refractivity contribution in [2.75, 3.05) is 6.26 Å². The Hall–Kier alpha value is -2.70. The van der Waals surface area contributed by atoms with E-state index in [-0.39, 0.29) is 18.8 Å². The Morgan fingerprint density at radius 1 is 0.923 bits per heavy atom. The topological polar surface area (TPSA) is 70.5 Å². The van der Waals surface area contributed by atoms with Gasteiger partial charge in [0.2, 0.25) is 10.0 Å². The van der Waals surface area contributed by atoms with Gasteiger partial charge in [-0.25, -0.2) is 8.42 Å². The van der Waals surface area contributed by atoms with Crippen molar-refractivity contribution >= 4 is 10.0 Å². The van der Waals surface area contributed by atoms with Crippen LogP contribution in [0, 0.1) is 0 Å². The third-order valence-corrected chi connectivity index (χ3v) is 5.24. The first-order valence-electron chi connectivity index (χ1n) is 8.14. The molecule has 0 saturated carbocycles. The van der Waals surface area contributed by atoms with E-state index in [4.69, 9.17) is 0 Å². The number of aromatic nitrogens is 1. The van der Waals surface area contributed by atoms with Crippen LogP contribution in [-0.4, -0.2) is 29.1 Å². The number of phenols is 1. The number of nitrogens with zero attached hydrogens (tertiary/aromatic N) is 2. The molecule has 2 aromatic carbocycles. The minimum Gasteiger partial charge on any atom is -0.508 e. The van der Waals surface area contributed by atoms with Gasteiger partial charge in [-0.2, -0.15) is 4.31 Å². The maximum atomic E-state index is 12.2. The Bertz CT molecular complexity index is 971. The van der Waals surface area contributed by atoms with Crippen molar-refractivity contribution in [3.05, 3.63) is 84.2 Å². The van der Waals surface area contributed by atoms with Gasteiger partial charge in [0.05, 0.1) is 6.26 Å². The normalized spacial score (nSPS) is 11.6. The van der Waals surface area contributed by atoms with E-state index in [1.165, 1.54) is 10.6 Å². The molecular formula is C20H20N2O3S. The molecule has 0 spiro atoms. The molecule has 0 aliphatic heterocycles. The second-order valence-corrected chi connectivity index (χ2v) is 8.12. The summed E-state index contributed by atoms with van der Waals surface area (Å²) in [6.45, 7) is 0.472. The molecule has 6 heteroatoms. The van der Waals surface area contributed by atoms with Crippen molar-refractivity contribution in [3.8, 4) is 16.9 Å². The molecule has 1 aromatic heterocycles. The molecular weight excluding hydrogens is 348 g/mol. The molecule has 26 heavy (non-hydrogen) atoms. The predicted molar refractivity (Wildman–Crippen MR) is 102 cm³/mol. The summed E-state index contributed by atoms with van der Waals surface area (Å²) < 4.78 is 25.7. The highest BCUT2D eigenvalue weighted by atomic mass is 32.2. The molecule has 0 fully saturated rings. The van der Waals surface area contributed by atoms with Crippen molar-refractivity contribution in [1.82, 2.24) is 9.29 Å². The van der Waals surface area contributed by atoms with Gasteiger partial charge in [-0.15, -0.1) is 0 Å². The van der Waals surface area contributed by atoms with E-state index in [0.29, 0.717) is 0 Å². The lowest BCUT2D eigenvalue weighted by atomic mass is 10.1. The van der Waals surface area contributed by atoms with E-state index in [1.807, 2.05) is 36.4 Å². The van der Waals surface area contributed by atoms with Crippen LogP contribution in [0.3, 0.4) is 0 Å². The summed E-state index contributed by atoms with van der Waals surface area (Å²) in [4.78, 5) is 4.11. The minimum atomic E-state index is -3.39. The molecule has 0 aliphatic carbocycles. The number of aromatic hydroxyl groups is 1. The lowest BCUT2D eigenvalue weighted by Crippen LogP contribution is -2.29. The highest BCUT2D eigenvalue weighted by Crippen LogP contribution is 2.21. The lowest BCUT2D eigenvalue weighted by Gasteiger charge is -2.20. The summed E-state index contributed by atoms with van der Waals surface area (Å²) in [6.07, 6.45) is 4.71. The quantitative estimate of drug-likeness (QED) is 0.724. The maximum Gasteiger partial charge on any atom is 0.211 e. The zero-order valence-corrected chi connectivity index (χ0v) is 15.2. The van der Waals surface area contributed by atoms with Crippen molar-refractivity contribution in [3.63, 3.8) is 0 Å². The van der Waals surface area contributed by atoms with Crippen LogP contribution < -0.4 is 0 Å². The molecule has 134 valence electrons. The highest BCUT2D eigenvalue weighted by Gasteiger charge is 2.18. The summed E-state index contributed by atoms with van der Waals surface area (Å²) in [5.41, 5.74) is 3.67. The van der Waals surface area contributed by atoms with Crippen molar-refractivity contribution in [2.24, 2.45) is 0 Å². The number of pyridine rings is 1. The van der Waals surface area contributed by atoms with Crippen LogP contribution in [-0.2, 0) is 23.1 Å². The molecule has 1 heterocycles. The summed E-state index contributed by atoms with van der Waals surface area (Å²) in [5, 5.41) is 9.58. The van der Waals surface area contributed by atoms with Crippen LogP contribution in [0.2, 0.25) is 0 Å². The third kappa shape index (κ3) is 4.68. The Labute approximate surface area is 153 Å². The summed E-state index contributed by atoms with van der Waals surface area (Å²) in [6, 6.07) is 18.2. The molecule has 1 N–H and O–H groups in total. The molecule has 0 aliphatic rings. The van der Waals surface area contributed by atoms with Gasteiger partial charge in [0.1, 0.15) is 5.75 Å². The molecule has 0 radical (unpaired) electrons. The number of rotatable bonds is 6. The number of benzene rings is 2. The van der Waals surface area contributed by atoms with Crippen LogP contribution in [0.25, 0.3) is 11.1 Å². The van der Waals surface area contributed by atoms with Crippen LogP contribution in [0.5, 0.6) is 5.75 Å². The molecule has 0 saturated heterocycles. The largest absolute Gasteiger partial charge is 0.508 e. The SMILES string of the molecule is CS(=O)(=O)N(Cc1ccc(-c2cccnc2)cc1)Cc1cccc(O)c1. The van der Waals surface area contributed by atoms with Crippen molar-refractivity contribution in [1.29, 1.82) is 0 Å². The first-order chi connectivity index (χ1) is 12.4. The monoisotopic (exact) mass is 368 g/mol. The van der Waals surface area contributed by atoms with Crippen LogP contribution >= 0.6 is 0 Å². The molecule has 5 nitrogen and oxygen atoms in total. The van der Waals surface area contributed by atoms with E-state index >= 15 is 0 Å². The van der Waals surface area contributed by atoms with Crippen molar-refractivity contribution in [2.45, 2.75) is 13.1 Å². The second-order valence-electron chi connectivity index (χ2n) is 6.14. The number of hydrogen-bond acceptors (Lipinski definition) is 4. The Morgan fingerprint density at radius 2 is 1.65 bits per heavy atom. The van der Waals surface area contributed by atoms with E-state index < -0.39 is 10.0 Å². The van der Waals surface area contributed by atoms with Gasteiger partial charge in [0, 0.05) is 25.5 Å². The smallest absolute Gasteiger partial charge is 0.211 e. The average molecular weight is 368 g/mol. The fraction of sp³-hybridized carbons (Fsp3) is 0.150. The van der Waals surface area contributed by atoms with E-state index in [0.717, 1.165) is 22.3 Å². The van der Waals surface area contributed by atoms with E-state index in [9.17, 15) is 13.5 Å². The number of sulfonamides is 1. The van der Waals surface area contributed by atoms with E-state index in [1.54, 1.807) is 36.7 Å². The van der Waals surface area contributed by atoms with Crippen molar-refractivity contribution < 1.29 is 13.5 Å². The van der Waals surface area contributed by atoms with Gasteiger partial charge in [0.25, 0.3) is 0 Å². The molecule has 0 amide bonds. The molecule has 3 rings (SSSR count). The van der Waals surface area contributed by atoms with Crippen LogP contribution in [0.1, 0.15) is 11.1 Å². The van der Waals surface area contributed by atoms with E-state index in [2.05, 4.69) is 4.98 Å². The second kappa shape index (κ2) is 7.68. The van der Waals surface area contributed by atoms with Gasteiger partial charge in [-0.05, 0) is 40.5 Å². The molecule has 0 bridgehead atoms. The molecule has 0 atom stereocenters. The van der Waals surface area contributed by atoms with Gasteiger partial charge < -0.3 is 5.11 Å². The zero-order chi connectivity index (χ0) is 18.6. The predicted octanol–water partition coefficient (Wildman–Crippen LogP) is 3.42. The van der Waals surface area contributed by atoms with Gasteiger partial charge in [-0.3, -0.25) is 4.98 Å². The molecule has 3 aromatic rings. The first kappa shape index (κ1) is 18.1. The molecule has 0 unspecified atom stereocenters. The number of hydrogen-bond donors (Lipinski definition) is 1. The Kier molecular flexibility index (Phi) is 5.35. The highest BCUT2D eigenvalue weighted by molar-refractivity contribution is 7.88. The van der Waals surface area contributed by atoms with Gasteiger partial charge in [-0.1, -0.05) is 42.5 Å². The Balaban J connectivity index is 1.79.